The minimum atomic E-state index is -3.46. The van der Waals surface area contributed by atoms with E-state index in [0.717, 1.165) is 7.11 Å². The van der Waals surface area contributed by atoms with Gasteiger partial charge < -0.3 is 14.6 Å². The van der Waals surface area contributed by atoms with Crippen molar-refractivity contribution in [2.24, 2.45) is 0 Å². The highest BCUT2D eigenvalue weighted by molar-refractivity contribution is 5.83. The van der Waals surface area contributed by atoms with Crippen LogP contribution in [-0.4, -0.2) is 64.5 Å². The molecule has 0 saturated carbocycles. The van der Waals surface area contributed by atoms with Gasteiger partial charge in [-0.2, -0.15) is 5.01 Å². The van der Waals surface area contributed by atoms with Gasteiger partial charge in [0.2, 0.25) is 0 Å². The van der Waals surface area contributed by atoms with Crippen LogP contribution in [0.25, 0.3) is 0 Å². The van der Waals surface area contributed by atoms with Crippen LogP contribution in [0.3, 0.4) is 0 Å². The summed E-state index contributed by atoms with van der Waals surface area (Å²) in [7, 11) is 0.937. The van der Waals surface area contributed by atoms with Crippen LogP contribution in [-0.2, 0) is 14.3 Å². The predicted octanol–water partition coefficient (Wildman–Crippen LogP) is 1.70. The number of rotatable bonds is 1. The summed E-state index contributed by atoms with van der Waals surface area (Å²) in [6, 6.07) is -1.83. The van der Waals surface area contributed by atoms with Crippen molar-refractivity contribution in [2.45, 2.75) is 44.8 Å². The zero-order valence-electron chi connectivity index (χ0n) is 12.6. The Hall–Kier alpha value is -2.13. The highest BCUT2D eigenvalue weighted by atomic mass is 19.3. The van der Waals surface area contributed by atoms with Gasteiger partial charge in [0.15, 0.2) is 6.04 Å². The van der Waals surface area contributed by atoms with Gasteiger partial charge in [0.1, 0.15) is 12.1 Å². The van der Waals surface area contributed by atoms with Gasteiger partial charge in [-0.25, -0.2) is 28.2 Å². The van der Waals surface area contributed by atoms with Crippen LogP contribution in [0.5, 0.6) is 0 Å². The monoisotopic (exact) mass is 324 g/mol. The second-order valence-corrected chi connectivity index (χ2v) is 5.76. The van der Waals surface area contributed by atoms with Crippen LogP contribution < -0.4 is 0 Å². The molecule has 1 saturated heterocycles. The lowest BCUT2D eigenvalue weighted by atomic mass is 10.1. The maximum atomic E-state index is 13.8. The maximum Gasteiger partial charge on any atom is 0.429 e. The molecule has 1 fully saturated rings. The highest BCUT2D eigenvalue weighted by Crippen LogP contribution is 2.32. The second kappa shape index (κ2) is 5.93. The van der Waals surface area contributed by atoms with Gasteiger partial charge in [-0.15, -0.1) is 0 Å². The van der Waals surface area contributed by atoms with Gasteiger partial charge >= 0.3 is 18.2 Å². The number of alkyl halides is 2. The summed E-state index contributed by atoms with van der Waals surface area (Å²) in [5.41, 5.74) is -1.02. The molecule has 0 bridgehead atoms. The van der Waals surface area contributed by atoms with E-state index in [-0.39, 0.29) is 10.0 Å². The van der Waals surface area contributed by atoms with Crippen LogP contribution in [0, 0.1) is 0 Å². The van der Waals surface area contributed by atoms with Crippen LogP contribution in [0.1, 0.15) is 27.2 Å². The molecule has 1 aliphatic rings. The van der Waals surface area contributed by atoms with Crippen molar-refractivity contribution in [3.05, 3.63) is 0 Å². The number of hydrogen-bond donors (Lipinski definition) is 1. The number of nitrogens with zero attached hydrogens (tertiary/aromatic N) is 2. The summed E-state index contributed by atoms with van der Waals surface area (Å²) in [5, 5.41) is 9.59. The van der Waals surface area contributed by atoms with Crippen LogP contribution >= 0.6 is 0 Å². The standard InChI is InChI=1S/C12H18F2N2O6/c1-11(2,3)22-10(20)15-6-12(13,14)5-7(8(17)21-4)16(15)9(18)19/h7H,5-6H2,1-4H3,(H,18,19). The van der Waals surface area contributed by atoms with Crippen LogP contribution in [0.15, 0.2) is 0 Å². The Balaban J connectivity index is 3.17. The molecule has 0 spiro atoms. The van der Waals surface area contributed by atoms with Crippen molar-refractivity contribution >= 4 is 18.2 Å². The number of hydrogen-bond acceptors (Lipinski definition) is 5. The van der Waals surface area contributed by atoms with Crippen LogP contribution in [0.2, 0.25) is 0 Å². The van der Waals surface area contributed by atoms with Crippen molar-refractivity contribution in [1.82, 2.24) is 10.0 Å². The molecule has 22 heavy (non-hydrogen) atoms. The Labute approximate surface area is 125 Å². The summed E-state index contributed by atoms with van der Waals surface area (Å²) in [6.07, 6.45) is -4.11. The maximum absolute atomic E-state index is 13.8. The highest BCUT2D eigenvalue weighted by Gasteiger charge is 2.52. The van der Waals surface area contributed by atoms with Crippen LogP contribution in [0.4, 0.5) is 18.4 Å². The Bertz CT molecular complexity index is 477. The van der Waals surface area contributed by atoms with Gasteiger partial charge in [0.25, 0.3) is 5.92 Å². The molecule has 8 nitrogen and oxygen atoms in total. The summed E-state index contributed by atoms with van der Waals surface area (Å²) in [6.45, 7) is 3.28. The first-order valence-electron chi connectivity index (χ1n) is 6.36. The van der Waals surface area contributed by atoms with E-state index in [1.54, 1.807) is 0 Å². The summed E-state index contributed by atoms with van der Waals surface area (Å²) < 4.78 is 36.8. The average molecular weight is 324 g/mol. The number of ether oxygens (including phenoxy) is 2. The van der Waals surface area contributed by atoms with E-state index in [1.807, 2.05) is 0 Å². The lowest BCUT2D eigenvalue weighted by Crippen LogP contribution is -2.65. The number of amides is 2. The number of hydrazine groups is 1. The molecule has 0 aromatic heterocycles. The molecule has 1 atom stereocenters. The molecule has 126 valence electrons. The van der Waals surface area contributed by atoms with E-state index >= 15 is 0 Å². The van der Waals surface area contributed by atoms with E-state index in [1.165, 1.54) is 20.8 Å². The minimum absolute atomic E-state index is 0.207. The van der Waals surface area contributed by atoms with Gasteiger partial charge in [0, 0.05) is 6.42 Å². The molecule has 1 N–H and O–H groups in total. The van der Waals surface area contributed by atoms with Gasteiger partial charge in [-0.05, 0) is 20.8 Å². The number of carboxylic acid groups (broad SMARTS) is 1. The van der Waals surface area contributed by atoms with Crippen molar-refractivity contribution < 1.29 is 37.7 Å². The SMILES string of the molecule is COC(=O)C1CC(F)(F)CN(C(=O)OC(C)(C)C)N1C(=O)O. The summed E-state index contributed by atoms with van der Waals surface area (Å²) in [4.78, 5) is 34.9. The van der Waals surface area contributed by atoms with Crippen molar-refractivity contribution in [1.29, 1.82) is 0 Å². The fraction of sp³-hybridized carbons (Fsp3) is 0.750. The molecular formula is C12H18F2N2O6. The zero-order chi connectivity index (χ0) is 17.3. The second-order valence-electron chi connectivity index (χ2n) is 5.76. The normalized spacial score (nSPS) is 21.3. The number of carbonyl (C=O) groups is 3. The molecule has 1 unspecified atom stereocenters. The third-order valence-corrected chi connectivity index (χ3v) is 2.70. The Morgan fingerprint density at radius 2 is 1.82 bits per heavy atom. The fourth-order valence-electron chi connectivity index (χ4n) is 1.92. The number of esters is 1. The van der Waals surface area contributed by atoms with Gasteiger partial charge in [-0.3, -0.25) is 0 Å². The predicted molar refractivity (Wildman–Crippen MR) is 68.2 cm³/mol. The van der Waals surface area contributed by atoms with E-state index in [0.29, 0.717) is 0 Å². The quantitative estimate of drug-likeness (QED) is 0.738. The van der Waals surface area contributed by atoms with Gasteiger partial charge in [-0.1, -0.05) is 0 Å². The fourth-order valence-corrected chi connectivity index (χ4v) is 1.92. The molecule has 0 aliphatic carbocycles. The molecule has 0 aromatic carbocycles. The molecule has 1 rings (SSSR count). The molecule has 0 radical (unpaired) electrons. The van der Waals surface area contributed by atoms with Crippen molar-refractivity contribution in [3.63, 3.8) is 0 Å². The Kier molecular flexibility index (Phi) is 4.83. The summed E-state index contributed by atoms with van der Waals surface area (Å²) >= 11 is 0. The molecule has 10 heteroatoms. The smallest absolute Gasteiger partial charge is 0.429 e. The Morgan fingerprint density at radius 1 is 1.27 bits per heavy atom. The van der Waals surface area contributed by atoms with E-state index in [9.17, 15) is 23.2 Å². The first kappa shape index (κ1) is 17.9. The van der Waals surface area contributed by atoms with E-state index in [4.69, 9.17) is 9.84 Å². The minimum Gasteiger partial charge on any atom is -0.467 e. The molecular weight excluding hydrogens is 306 g/mol. The Morgan fingerprint density at radius 3 is 2.23 bits per heavy atom. The largest absolute Gasteiger partial charge is 0.467 e. The third kappa shape index (κ3) is 4.18. The number of methoxy groups -OCH3 is 1. The molecule has 0 aromatic rings. The topological polar surface area (TPSA) is 96.4 Å². The van der Waals surface area contributed by atoms with E-state index < -0.39 is 48.7 Å². The average Bonchev–Trinajstić information content (AvgIpc) is 2.33. The zero-order valence-corrected chi connectivity index (χ0v) is 12.6. The molecule has 1 aliphatic heterocycles. The third-order valence-electron chi connectivity index (χ3n) is 2.70. The summed E-state index contributed by atoms with van der Waals surface area (Å²) in [5.74, 6) is -4.64. The number of halogens is 2. The lowest BCUT2D eigenvalue weighted by molar-refractivity contribution is -0.183. The first-order chi connectivity index (χ1) is 9.88. The molecule has 1 heterocycles. The lowest BCUT2D eigenvalue weighted by Gasteiger charge is -2.43. The van der Waals surface area contributed by atoms with Crippen molar-refractivity contribution in [2.75, 3.05) is 13.7 Å². The first-order valence-corrected chi connectivity index (χ1v) is 6.36. The van der Waals surface area contributed by atoms with Crippen molar-refractivity contribution in [3.8, 4) is 0 Å². The number of carbonyl (C=O) groups excluding carboxylic acids is 2. The molecule has 2 amide bonds. The van der Waals surface area contributed by atoms with E-state index in [2.05, 4.69) is 4.74 Å². The van der Waals surface area contributed by atoms with Gasteiger partial charge in [0.05, 0.1) is 7.11 Å².